The summed E-state index contributed by atoms with van der Waals surface area (Å²) in [5.74, 6) is -0.403. The molecular weight excluding hydrogens is 196 g/mol. The van der Waals surface area contributed by atoms with E-state index >= 15 is 0 Å². The lowest BCUT2D eigenvalue weighted by Gasteiger charge is -2.24. The van der Waals surface area contributed by atoms with Gasteiger partial charge in [0.2, 0.25) is 0 Å². The Balaban J connectivity index is 2.48. The second-order valence-corrected chi connectivity index (χ2v) is 4.32. The molecule has 5 nitrogen and oxygen atoms in total. The first-order valence-electron chi connectivity index (χ1n) is 5.27. The Bertz CT molecular complexity index is 253. The van der Waals surface area contributed by atoms with Gasteiger partial charge in [-0.15, -0.1) is 0 Å². The Morgan fingerprint density at radius 2 is 2.33 bits per heavy atom. The normalized spacial score (nSPS) is 20.9. The zero-order valence-corrected chi connectivity index (χ0v) is 9.19. The van der Waals surface area contributed by atoms with Crippen LogP contribution in [0.3, 0.4) is 0 Å². The molecule has 1 aliphatic rings. The molecule has 86 valence electrons. The standard InChI is InChI=1S/C10H18N2O3/c1-7(2)6-12-8(3-4-9(13)14)5-11-10(12)15/h7-8H,3-6H2,1-2H3,(H,11,15)(H,13,14). The molecule has 0 aromatic heterocycles. The number of carboxylic acid groups (broad SMARTS) is 1. The van der Waals surface area contributed by atoms with Crippen LogP contribution in [0.15, 0.2) is 0 Å². The molecule has 2 N–H and O–H groups in total. The zero-order chi connectivity index (χ0) is 11.4. The number of carbonyl (C=O) groups is 2. The third-order valence-electron chi connectivity index (χ3n) is 2.44. The van der Waals surface area contributed by atoms with Crippen LogP contribution in [0, 0.1) is 5.92 Å². The lowest BCUT2D eigenvalue weighted by molar-refractivity contribution is -0.137. The number of carbonyl (C=O) groups excluding carboxylic acids is 1. The second kappa shape index (κ2) is 5.00. The zero-order valence-electron chi connectivity index (χ0n) is 9.19. The van der Waals surface area contributed by atoms with Crippen LogP contribution in [-0.4, -0.2) is 41.1 Å². The van der Waals surface area contributed by atoms with E-state index < -0.39 is 5.97 Å². The van der Waals surface area contributed by atoms with Gasteiger partial charge in [-0.2, -0.15) is 0 Å². The number of carboxylic acids is 1. The van der Waals surface area contributed by atoms with Gasteiger partial charge in [-0.1, -0.05) is 13.8 Å². The van der Waals surface area contributed by atoms with Gasteiger partial charge in [0.25, 0.3) is 0 Å². The lowest BCUT2D eigenvalue weighted by atomic mass is 10.1. The summed E-state index contributed by atoms with van der Waals surface area (Å²) in [6, 6.07) is -0.0323. The van der Waals surface area contributed by atoms with Crippen molar-refractivity contribution in [2.45, 2.75) is 32.7 Å². The van der Waals surface area contributed by atoms with Crippen LogP contribution in [0.1, 0.15) is 26.7 Å². The Morgan fingerprint density at radius 3 is 2.87 bits per heavy atom. The summed E-state index contributed by atoms with van der Waals surface area (Å²) in [4.78, 5) is 23.6. The molecule has 1 heterocycles. The van der Waals surface area contributed by atoms with Crippen molar-refractivity contribution < 1.29 is 14.7 Å². The number of rotatable bonds is 5. The highest BCUT2D eigenvalue weighted by molar-refractivity contribution is 5.77. The minimum atomic E-state index is -0.807. The summed E-state index contributed by atoms with van der Waals surface area (Å²) in [5, 5.41) is 11.3. The molecule has 1 atom stereocenters. The highest BCUT2D eigenvalue weighted by Crippen LogP contribution is 2.14. The van der Waals surface area contributed by atoms with Crippen molar-refractivity contribution in [3.63, 3.8) is 0 Å². The summed E-state index contributed by atoms with van der Waals surface area (Å²) >= 11 is 0. The molecular formula is C10H18N2O3. The van der Waals surface area contributed by atoms with Gasteiger partial charge in [-0.05, 0) is 12.3 Å². The number of hydrogen-bond donors (Lipinski definition) is 2. The van der Waals surface area contributed by atoms with E-state index in [1.165, 1.54) is 0 Å². The highest BCUT2D eigenvalue weighted by Gasteiger charge is 2.30. The van der Waals surface area contributed by atoms with E-state index in [4.69, 9.17) is 5.11 Å². The van der Waals surface area contributed by atoms with Gasteiger partial charge in [0.05, 0.1) is 6.04 Å². The van der Waals surface area contributed by atoms with Crippen molar-refractivity contribution in [3.8, 4) is 0 Å². The van der Waals surface area contributed by atoms with Crippen LogP contribution < -0.4 is 5.32 Å². The topological polar surface area (TPSA) is 69.6 Å². The third kappa shape index (κ3) is 3.42. The van der Waals surface area contributed by atoms with Gasteiger partial charge in [-0.3, -0.25) is 4.79 Å². The number of aliphatic carboxylic acids is 1. The Hall–Kier alpha value is -1.26. The third-order valence-corrected chi connectivity index (χ3v) is 2.44. The molecule has 1 rings (SSSR count). The van der Waals surface area contributed by atoms with E-state index in [2.05, 4.69) is 5.32 Å². The smallest absolute Gasteiger partial charge is 0.317 e. The van der Waals surface area contributed by atoms with Gasteiger partial charge in [0.15, 0.2) is 0 Å². The molecule has 1 fully saturated rings. The Kier molecular flexibility index (Phi) is 3.94. The van der Waals surface area contributed by atoms with E-state index in [0.29, 0.717) is 25.4 Å². The van der Waals surface area contributed by atoms with E-state index in [-0.39, 0.29) is 18.5 Å². The molecule has 0 bridgehead atoms. The summed E-state index contributed by atoms with van der Waals surface area (Å²) < 4.78 is 0. The van der Waals surface area contributed by atoms with Crippen molar-refractivity contribution in [2.24, 2.45) is 5.92 Å². The SMILES string of the molecule is CC(C)CN1C(=O)NCC1CCC(=O)O. The first kappa shape index (κ1) is 11.8. The quantitative estimate of drug-likeness (QED) is 0.714. The maximum atomic E-state index is 11.4. The number of hydrogen-bond acceptors (Lipinski definition) is 2. The van der Waals surface area contributed by atoms with Crippen molar-refractivity contribution in [1.82, 2.24) is 10.2 Å². The van der Waals surface area contributed by atoms with Gasteiger partial charge >= 0.3 is 12.0 Å². The van der Waals surface area contributed by atoms with Crippen LogP contribution >= 0.6 is 0 Å². The molecule has 0 saturated carbocycles. The fourth-order valence-corrected chi connectivity index (χ4v) is 1.76. The number of nitrogens with zero attached hydrogens (tertiary/aromatic N) is 1. The molecule has 0 aromatic carbocycles. The predicted molar refractivity (Wildman–Crippen MR) is 55.6 cm³/mol. The van der Waals surface area contributed by atoms with E-state index in [1.54, 1.807) is 4.90 Å². The maximum Gasteiger partial charge on any atom is 0.317 e. The number of urea groups is 1. The molecule has 0 aromatic rings. The molecule has 1 saturated heterocycles. The van der Waals surface area contributed by atoms with Crippen LogP contribution in [0.25, 0.3) is 0 Å². The molecule has 0 spiro atoms. The molecule has 1 unspecified atom stereocenters. The van der Waals surface area contributed by atoms with Crippen LogP contribution in [0.2, 0.25) is 0 Å². The largest absolute Gasteiger partial charge is 0.481 e. The molecule has 5 heteroatoms. The Morgan fingerprint density at radius 1 is 1.67 bits per heavy atom. The van der Waals surface area contributed by atoms with Gasteiger partial charge in [0, 0.05) is 19.5 Å². The van der Waals surface area contributed by atoms with Crippen molar-refractivity contribution in [3.05, 3.63) is 0 Å². The van der Waals surface area contributed by atoms with Crippen molar-refractivity contribution in [2.75, 3.05) is 13.1 Å². The van der Waals surface area contributed by atoms with Crippen LogP contribution in [-0.2, 0) is 4.79 Å². The minimum Gasteiger partial charge on any atom is -0.481 e. The fourth-order valence-electron chi connectivity index (χ4n) is 1.76. The van der Waals surface area contributed by atoms with Gasteiger partial charge in [0.1, 0.15) is 0 Å². The van der Waals surface area contributed by atoms with E-state index in [0.717, 1.165) is 0 Å². The summed E-state index contributed by atoms with van der Waals surface area (Å²) in [6.45, 7) is 5.34. The predicted octanol–water partition coefficient (Wildman–Crippen LogP) is 0.901. The Labute approximate surface area is 89.4 Å². The van der Waals surface area contributed by atoms with Gasteiger partial charge in [-0.25, -0.2) is 4.79 Å². The average Bonchev–Trinajstić information content (AvgIpc) is 2.44. The lowest BCUT2D eigenvalue weighted by Crippen LogP contribution is -2.37. The fraction of sp³-hybridized carbons (Fsp3) is 0.800. The van der Waals surface area contributed by atoms with Crippen LogP contribution in [0.5, 0.6) is 0 Å². The monoisotopic (exact) mass is 214 g/mol. The molecule has 15 heavy (non-hydrogen) atoms. The van der Waals surface area contributed by atoms with E-state index in [9.17, 15) is 9.59 Å². The number of nitrogens with one attached hydrogen (secondary N) is 1. The van der Waals surface area contributed by atoms with E-state index in [1.807, 2.05) is 13.8 Å². The average molecular weight is 214 g/mol. The molecule has 1 aliphatic heterocycles. The first-order chi connectivity index (χ1) is 7.00. The second-order valence-electron chi connectivity index (χ2n) is 4.32. The molecule has 2 amide bonds. The van der Waals surface area contributed by atoms with Gasteiger partial charge < -0.3 is 15.3 Å². The maximum absolute atomic E-state index is 11.4. The summed E-state index contributed by atoms with van der Waals surface area (Å²) in [7, 11) is 0. The number of amides is 2. The minimum absolute atomic E-state index is 0.0380. The molecule has 0 aliphatic carbocycles. The molecule has 0 radical (unpaired) electrons. The van der Waals surface area contributed by atoms with Crippen LogP contribution in [0.4, 0.5) is 4.79 Å². The van der Waals surface area contributed by atoms with Crippen molar-refractivity contribution >= 4 is 12.0 Å². The highest BCUT2D eigenvalue weighted by atomic mass is 16.4. The summed E-state index contributed by atoms with van der Waals surface area (Å²) in [5.41, 5.74) is 0. The van der Waals surface area contributed by atoms with Crippen molar-refractivity contribution in [1.29, 1.82) is 0 Å². The summed E-state index contributed by atoms with van der Waals surface area (Å²) in [6.07, 6.45) is 0.648. The first-order valence-corrected chi connectivity index (χ1v) is 5.27.